The highest BCUT2D eigenvalue weighted by atomic mass is 32.1. The number of ether oxygens (including phenoxy) is 1. The van der Waals surface area contributed by atoms with E-state index in [1.807, 2.05) is 6.92 Å². The summed E-state index contributed by atoms with van der Waals surface area (Å²) in [6.07, 6.45) is 0. The number of nitrogens with one attached hydrogen (secondary N) is 2. The molecular formula is C17H29N5O2S. The van der Waals surface area contributed by atoms with Crippen LogP contribution >= 0.6 is 11.3 Å². The van der Waals surface area contributed by atoms with E-state index in [2.05, 4.69) is 38.0 Å². The standard InChI is InChI=1S/C17H29N5O2S/c1-4-18-17(20-13-16(23)21(2)3)19-12-14(15-6-5-11-25-15)22-7-9-24-10-8-22/h5-6,11,14H,4,7-10,12-13H2,1-3H3,(H2,18,19,20). The maximum absolute atomic E-state index is 11.8. The lowest BCUT2D eigenvalue weighted by Gasteiger charge is -2.34. The van der Waals surface area contributed by atoms with Gasteiger partial charge in [-0.05, 0) is 18.4 Å². The summed E-state index contributed by atoms with van der Waals surface area (Å²) in [4.78, 5) is 21.5. The van der Waals surface area contributed by atoms with Crippen LogP contribution in [0.4, 0.5) is 0 Å². The van der Waals surface area contributed by atoms with Gasteiger partial charge in [0.15, 0.2) is 5.96 Å². The molecular weight excluding hydrogens is 338 g/mol. The van der Waals surface area contributed by atoms with Gasteiger partial charge in [-0.25, -0.2) is 4.99 Å². The summed E-state index contributed by atoms with van der Waals surface area (Å²) in [5.74, 6) is 0.660. The lowest BCUT2D eigenvalue weighted by molar-refractivity contribution is -0.127. The molecule has 0 radical (unpaired) electrons. The zero-order valence-corrected chi connectivity index (χ0v) is 16.1. The van der Waals surface area contributed by atoms with Crippen molar-refractivity contribution in [2.45, 2.75) is 13.0 Å². The van der Waals surface area contributed by atoms with Crippen LogP contribution < -0.4 is 10.6 Å². The van der Waals surface area contributed by atoms with E-state index >= 15 is 0 Å². The van der Waals surface area contributed by atoms with Crippen molar-refractivity contribution >= 4 is 23.2 Å². The summed E-state index contributed by atoms with van der Waals surface area (Å²) in [6, 6.07) is 4.53. The van der Waals surface area contributed by atoms with Crippen LogP contribution in [0.25, 0.3) is 0 Å². The smallest absolute Gasteiger partial charge is 0.243 e. The van der Waals surface area contributed by atoms with Crippen LogP contribution in [0.1, 0.15) is 17.8 Å². The Balaban J connectivity index is 2.00. The fourth-order valence-electron chi connectivity index (χ4n) is 2.60. The van der Waals surface area contributed by atoms with Crippen molar-refractivity contribution in [2.75, 3.05) is 60.0 Å². The molecule has 2 rings (SSSR count). The molecule has 1 unspecified atom stereocenters. The zero-order chi connectivity index (χ0) is 18.1. The summed E-state index contributed by atoms with van der Waals surface area (Å²) >= 11 is 1.77. The van der Waals surface area contributed by atoms with Gasteiger partial charge < -0.3 is 20.3 Å². The summed E-state index contributed by atoms with van der Waals surface area (Å²) in [5.41, 5.74) is 0. The van der Waals surface area contributed by atoms with Crippen LogP contribution in [0.15, 0.2) is 22.5 Å². The molecule has 1 amide bonds. The Bertz CT molecular complexity index is 541. The molecule has 1 aliphatic heterocycles. The average molecular weight is 368 g/mol. The van der Waals surface area contributed by atoms with Crippen molar-refractivity contribution in [2.24, 2.45) is 4.99 Å². The second-order valence-corrected chi connectivity index (χ2v) is 7.02. The van der Waals surface area contributed by atoms with Gasteiger partial charge in [-0.15, -0.1) is 11.3 Å². The summed E-state index contributed by atoms with van der Waals surface area (Å²) in [7, 11) is 3.48. The lowest BCUT2D eigenvalue weighted by atomic mass is 10.2. The number of aliphatic imine (C=N–C) groups is 1. The number of carbonyl (C=O) groups excluding carboxylic acids is 1. The van der Waals surface area contributed by atoms with E-state index in [-0.39, 0.29) is 18.5 Å². The largest absolute Gasteiger partial charge is 0.379 e. The fraction of sp³-hybridized carbons (Fsp3) is 0.647. The highest BCUT2D eigenvalue weighted by molar-refractivity contribution is 7.10. The van der Waals surface area contributed by atoms with Crippen molar-refractivity contribution in [3.63, 3.8) is 0 Å². The highest BCUT2D eigenvalue weighted by Gasteiger charge is 2.23. The number of rotatable bonds is 7. The third-order valence-electron chi connectivity index (χ3n) is 4.04. The Morgan fingerprint density at radius 2 is 2.16 bits per heavy atom. The van der Waals surface area contributed by atoms with Crippen molar-refractivity contribution in [3.8, 4) is 0 Å². The molecule has 7 nitrogen and oxygen atoms in total. The van der Waals surface area contributed by atoms with Crippen molar-refractivity contribution in [3.05, 3.63) is 22.4 Å². The van der Waals surface area contributed by atoms with Gasteiger partial charge in [0, 0.05) is 45.2 Å². The zero-order valence-electron chi connectivity index (χ0n) is 15.3. The fourth-order valence-corrected chi connectivity index (χ4v) is 3.46. The van der Waals surface area contributed by atoms with Crippen LogP contribution in [-0.2, 0) is 9.53 Å². The molecule has 1 aromatic heterocycles. The molecule has 1 fully saturated rings. The Kier molecular flexibility index (Phi) is 8.17. The quantitative estimate of drug-likeness (QED) is 0.550. The number of nitrogens with zero attached hydrogens (tertiary/aromatic N) is 3. The van der Waals surface area contributed by atoms with E-state index in [1.54, 1.807) is 30.3 Å². The van der Waals surface area contributed by atoms with Crippen LogP contribution in [-0.4, -0.2) is 81.7 Å². The lowest BCUT2D eigenvalue weighted by Crippen LogP contribution is -2.46. The summed E-state index contributed by atoms with van der Waals surface area (Å²) < 4.78 is 5.48. The van der Waals surface area contributed by atoms with E-state index in [1.165, 1.54) is 4.88 Å². The second-order valence-electron chi connectivity index (χ2n) is 6.04. The van der Waals surface area contributed by atoms with E-state index in [0.717, 1.165) is 39.4 Å². The average Bonchev–Trinajstić information content (AvgIpc) is 3.14. The minimum absolute atomic E-state index is 0.0137. The molecule has 1 saturated heterocycles. The maximum atomic E-state index is 11.8. The minimum Gasteiger partial charge on any atom is -0.379 e. The molecule has 2 heterocycles. The SMILES string of the molecule is CCNC(=NCC(=O)N(C)C)NCC(c1cccs1)N1CCOCC1. The molecule has 2 N–H and O–H groups in total. The van der Waals surface area contributed by atoms with Crippen molar-refractivity contribution in [1.82, 2.24) is 20.4 Å². The Labute approximate surface area is 154 Å². The Morgan fingerprint density at radius 1 is 1.40 bits per heavy atom. The molecule has 0 saturated carbocycles. The molecule has 1 aliphatic rings. The number of carbonyl (C=O) groups is 1. The minimum atomic E-state index is -0.0137. The number of morpholine rings is 1. The molecule has 0 aliphatic carbocycles. The van der Waals surface area contributed by atoms with E-state index in [0.29, 0.717) is 5.96 Å². The van der Waals surface area contributed by atoms with Crippen LogP contribution in [0.5, 0.6) is 0 Å². The Hall–Kier alpha value is -1.64. The van der Waals surface area contributed by atoms with Crippen LogP contribution in [0, 0.1) is 0 Å². The molecule has 25 heavy (non-hydrogen) atoms. The van der Waals surface area contributed by atoms with Crippen molar-refractivity contribution < 1.29 is 9.53 Å². The maximum Gasteiger partial charge on any atom is 0.243 e. The molecule has 0 bridgehead atoms. The normalized spacial score (nSPS) is 17.2. The first kappa shape index (κ1) is 19.7. The molecule has 8 heteroatoms. The number of likely N-dealkylation sites (N-methyl/N-ethyl adjacent to an activating group) is 1. The predicted octanol–water partition coefficient (Wildman–Crippen LogP) is 0.765. The van der Waals surface area contributed by atoms with Gasteiger partial charge >= 0.3 is 0 Å². The number of hydrogen-bond acceptors (Lipinski definition) is 5. The summed E-state index contributed by atoms with van der Waals surface area (Å²) in [5, 5.41) is 8.71. The topological polar surface area (TPSA) is 69.2 Å². The van der Waals surface area contributed by atoms with Gasteiger partial charge in [-0.2, -0.15) is 0 Å². The van der Waals surface area contributed by atoms with Gasteiger partial charge in [0.05, 0.1) is 19.3 Å². The van der Waals surface area contributed by atoms with E-state index in [4.69, 9.17) is 4.74 Å². The Morgan fingerprint density at radius 3 is 2.76 bits per heavy atom. The van der Waals surface area contributed by atoms with Gasteiger partial charge in [-0.1, -0.05) is 6.07 Å². The first-order chi connectivity index (χ1) is 12.1. The van der Waals surface area contributed by atoms with Gasteiger partial charge in [0.1, 0.15) is 6.54 Å². The van der Waals surface area contributed by atoms with Gasteiger partial charge in [-0.3, -0.25) is 9.69 Å². The number of thiophene rings is 1. The second kappa shape index (κ2) is 10.4. The van der Waals surface area contributed by atoms with Crippen LogP contribution in [0.3, 0.4) is 0 Å². The first-order valence-corrected chi connectivity index (χ1v) is 9.57. The molecule has 0 spiro atoms. The molecule has 1 atom stereocenters. The van der Waals surface area contributed by atoms with Gasteiger partial charge in [0.25, 0.3) is 0 Å². The first-order valence-electron chi connectivity index (χ1n) is 8.69. The highest BCUT2D eigenvalue weighted by Crippen LogP contribution is 2.25. The summed E-state index contributed by atoms with van der Waals surface area (Å²) in [6.45, 7) is 7.05. The third-order valence-corrected chi connectivity index (χ3v) is 5.01. The molecule has 0 aromatic carbocycles. The van der Waals surface area contributed by atoms with E-state index in [9.17, 15) is 4.79 Å². The number of hydrogen-bond donors (Lipinski definition) is 2. The monoisotopic (exact) mass is 367 g/mol. The molecule has 1 aromatic rings. The predicted molar refractivity (Wildman–Crippen MR) is 102 cm³/mol. The number of guanidine groups is 1. The molecule has 140 valence electrons. The van der Waals surface area contributed by atoms with Gasteiger partial charge in [0.2, 0.25) is 5.91 Å². The van der Waals surface area contributed by atoms with E-state index < -0.39 is 0 Å². The van der Waals surface area contributed by atoms with Crippen molar-refractivity contribution in [1.29, 1.82) is 0 Å². The third kappa shape index (κ3) is 6.30. The number of amides is 1. The van der Waals surface area contributed by atoms with Crippen LogP contribution in [0.2, 0.25) is 0 Å².